The Kier molecular flexibility index (Phi) is 7.26. The second kappa shape index (κ2) is 9.27. The molecule has 0 amide bonds. The van der Waals surface area contributed by atoms with Crippen LogP contribution >= 0.6 is 0 Å². The summed E-state index contributed by atoms with van der Waals surface area (Å²) in [6.07, 6.45) is 3.10. The molecule has 2 aliphatic heterocycles. The van der Waals surface area contributed by atoms with Gasteiger partial charge >= 0.3 is 0 Å². The molecule has 0 aromatic heterocycles. The third-order valence-corrected chi connectivity index (χ3v) is 3.14. The predicted octanol–water partition coefficient (Wildman–Crippen LogP) is 1.25. The third-order valence-electron chi connectivity index (χ3n) is 3.14. The molecule has 0 bridgehead atoms. The zero-order valence-corrected chi connectivity index (χ0v) is 11.8. The van der Waals surface area contributed by atoms with Crippen molar-refractivity contribution in [3.05, 3.63) is 11.4 Å². The van der Waals surface area contributed by atoms with E-state index in [0.29, 0.717) is 33.0 Å². The molecule has 2 rings (SSSR count). The fourth-order valence-corrected chi connectivity index (χ4v) is 1.98. The maximum atomic E-state index is 6.71. The van der Waals surface area contributed by atoms with Gasteiger partial charge in [0.2, 0.25) is 6.54 Å². The first-order chi connectivity index (χ1) is 9.88. The van der Waals surface area contributed by atoms with E-state index in [4.69, 9.17) is 30.3 Å². The Morgan fingerprint density at radius 2 is 2.05 bits per heavy atom. The molecule has 3 atom stereocenters. The number of rotatable bonds is 10. The molecule has 0 aromatic carbocycles. The van der Waals surface area contributed by atoms with Gasteiger partial charge in [0.1, 0.15) is 18.8 Å². The summed E-state index contributed by atoms with van der Waals surface area (Å²) in [5, 5.41) is 0. The highest BCUT2D eigenvalue weighted by Crippen LogP contribution is 2.16. The van der Waals surface area contributed by atoms with Gasteiger partial charge in [-0.25, -0.2) is 6.57 Å². The second-order valence-corrected chi connectivity index (χ2v) is 5.00. The first-order valence-electron chi connectivity index (χ1n) is 7.26. The van der Waals surface area contributed by atoms with Gasteiger partial charge in [0.05, 0.1) is 26.4 Å². The Bertz CT molecular complexity index is 296. The molecule has 6 nitrogen and oxygen atoms in total. The van der Waals surface area contributed by atoms with Crippen molar-refractivity contribution in [1.82, 2.24) is 0 Å². The Labute approximate surface area is 120 Å². The molecule has 3 unspecified atom stereocenters. The van der Waals surface area contributed by atoms with Crippen LogP contribution in [0, 0.1) is 6.57 Å². The van der Waals surface area contributed by atoms with Crippen LogP contribution in [0.2, 0.25) is 0 Å². The van der Waals surface area contributed by atoms with Crippen LogP contribution in [-0.2, 0) is 23.7 Å². The molecule has 2 heterocycles. The number of hydrogen-bond donors (Lipinski definition) is 0. The van der Waals surface area contributed by atoms with Crippen LogP contribution in [-0.4, -0.2) is 64.7 Å². The summed E-state index contributed by atoms with van der Waals surface area (Å²) in [6.45, 7) is 10.6. The van der Waals surface area contributed by atoms with Crippen molar-refractivity contribution in [3.8, 4) is 0 Å². The molecule has 0 radical (unpaired) electrons. The molecular formula is C14H23NO5. The van der Waals surface area contributed by atoms with Gasteiger partial charge in [0, 0.05) is 6.61 Å². The molecule has 6 heteroatoms. The Hall–Kier alpha value is -0.710. The Balaban J connectivity index is 1.64. The second-order valence-electron chi connectivity index (χ2n) is 5.00. The smallest absolute Gasteiger partial charge is 0.237 e. The summed E-state index contributed by atoms with van der Waals surface area (Å²) in [5.74, 6) is 0. The molecule has 20 heavy (non-hydrogen) atoms. The van der Waals surface area contributed by atoms with E-state index in [1.165, 1.54) is 0 Å². The van der Waals surface area contributed by atoms with E-state index in [1.807, 2.05) is 0 Å². The average Bonchev–Trinajstić information content (AvgIpc) is 3.28. The largest absolute Gasteiger partial charge is 0.376 e. The van der Waals surface area contributed by atoms with Crippen LogP contribution in [0.25, 0.3) is 4.85 Å². The minimum Gasteiger partial charge on any atom is -0.376 e. The van der Waals surface area contributed by atoms with Gasteiger partial charge in [-0.3, -0.25) is 0 Å². The molecular weight excluding hydrogens is 262 g/mol. The molecule has 0 saturated carbocycles. The molecule has 2 saturated heterocycles. The lowest BCUT2D eigenvalue weighted by atomic mass is 10.2. The average molecular weight is 285 g/mol. The third kappa shape index (κ3) is 6.64. The summed E-state index contributed by atoms with van der Waals surface area (Å²) < 4.78 is 27.6. The topological polar surface area (TPSA) is 53.8 Å². The van der Waals surface area contributed by atoms with Crippen molar-refractivity contribution in [2.75, 3.05) is 46.2 Å². The van der Waals surface area contributed by atoms with Gasteiger partial charge in [0.25, 0.3) is 0 Å². The van der Waals surface area contributed by atoms with E-state index in [9.17, 15) is 0 Å². The van der Waals surface area contributed by atoms with Crippen LogP contribution < -0.4 is 0 Å². The normalized spacial score (nSPS) is 26.9. The number of hydrogen-bond acceptors (Lipinski definition) is 5. The summed E-state index contributed by atoms with van der Waals surface area (Å²) in [4.78, 5) is 3.25. The fraction of sp³-hybridized carbons (Fsp3) is 0.929. The predicted molar refractivity (Wildman–Crippen MR) is 71.3 cm³/mol. The first kappa shape index (κ1) is 15.7. The zero-order valence-electron chi connectivity index (χ0n) is 11.8. The fourth-order valence-electron chi connectivity index (χ4n) is 1.98. The lowest BCUT2D eigenvalue weighted by Crippen LogP contribution is -2.34. The molecule has 0 aliphatic carbocycles. The highest BCUT2D eigenvalue weighted by atomic mass is 16.7. The van der Waals surface area contributed by atoms with Crippen molar-refractivity contribution in [3.63, 3.8) is 0 Å². The highest BCUT2D eigenvalue weighted by Gasteiger charge is 2.24. The van der Waals surface area contributed by atoms with Gasteiger partial charge in [-0.05, 0) is 19.3 Å². The summed E-state index contributed by atoms with van der Waals surface area (Å²) in [5.41, 5.74) is 0. The van der Waals surface area contributed by atoms with Gasteiger partial charge in [-0.2, -0.15) is 0 Å². The summed E-state index contributed by atoms with van der Waals surface area (Å²) in [7, 11) is 0. The van der Waals surface area contributed by atoms with Gasteiger partial charge in [0.15, 0.2) is 6.29 Å². The van der Waals surface area contributed by atoms with E-state index in [1.54, 1.807) is 0 Å². The maximum Gasteiger partial charge on any atom is 0.237 e. The minimum absolute atomic E-state index is 0.150. The Morgan fingerprint density at radius 3 is 2.75 bits per heavy atom. The van der Waals surface area contributed by atoms with Gasteiger partial charge < -0.3 is 28.5 Å². The summed E-state index contributed by atoms with van der Waals surface area (Å²) in [6, 6.07) is 0. The molecule has 0 aromatic rings. The van der Waals surface area contributed by atoms with Crippen LogP contribution in [0.15, 0.2) is 0 Å². The van der Waals surface area contributed by atoms with E-state index in [0.717, 1.165) is 32.5 Å². The van der Waals surface area contributed by atoms with E-state index < -0.39 is 0 Å². The van der Waals surface area contributed by atoms with E-state index in [2.05, 4.69) is 4.85 Å². The lowest BCUT2D eigenvalue weighted by Gasteiger charge is -2.27. The molecule has 2 aliphatic rings. The van der Waals surface area contributed by atoms with Crippen molar-refractivity contribution < 1.29 is 23.7 Å². The van der Waals surface area contributed by atoms with Crippen LogP contribution in [0.3, 0.4) is 0 Å². The van der Waals surface area contributed by atoms with Crippen molar-refractivity contribution in [1.29, 1.82) is 0 Å². The maximum absolute atomic E-state index is 6.71. The highest BCUT2D eigenvalue weighted by molar-refractivity contribution is 4.68. The lowest BCUT2D eigenvalue weighted by molar-refractivity contribution is -0.207. The molecule has 0 spiro atoms. The molecule has 0 N–H and O–H groups in total. The number of nitrogens with zero attached hydrogens (tertiary/aromatic N) is 1. The standard InChI is InChI=1S/C14H23NO5/c1-15-5-7-16-9-13(10-17-8-12-11-19-12)20-14-4-2-3-6-18-14/h12-14H,2-11H2. The zero-order chi connectivity index (χ0) is 14.0. The van der Waals surface area contributed by atoms with Gasteiger partial charge in [-0.1, -0.05) is 0 Å². The first-order valence-corrected chi connectivity index (χ1v) is 7.26. The SMILES string of the molecule is [C-]#[N+]CCOCC(COCC1CO1)OC1CCCCO1. The summed E-state index contributed by atoms with van der Waals surface area (Å²) >= 11 is 0. The molecule has 114 valence electrons. The Morgan fingerprint density at radius 1 is 1.20 bits per heavy atom. The van der Waals surface area contributed by atoms with Crippen LogP contribution in [0.5, 0.6) is 0 Å². The van der Waals surface area contributed by atoms with E-state index in [-0.39, 0.29) is 18.5 Å². The van der Waals surface area contributed by atoms with Gasteiger partial charge in [-0.15, -0.1) is 0 Å². The monoisotopic (exact) mass is 285 g/mol. The van der Waals surface area contributed by atoms with Crippen LogP contribution in [0.1, 0.15) is 19.3 Å². The van der Waals surface area contributed by atoms with Crippen LogP contribution in [0.4, 0.5) is 0 Å². The number of ether oxygens (including phenoxy) is 5. The van der Waals surface area contributed by atoms with E-state index >= 15 is 0 Å². The van der Waals surface area contributed by atoms with Crippen molar-refractivity contribution >= 4 is 0 Å². The quantitative estimate of drug-likeness (QED) is 0.343. The van der Waals surface area contributed by atoms with Crippen molar-refractivity contribution in [2.45, 2.75) is 37.8 Å². The minimum atomic E-state index is -0.154. The van der Waals surface area contributed by atoms with Crippen molar-refractivity contribution in [2.24, 2.45) is 0 Å². The number of epoxide rings is 1. The molecule has 2 fully saturated rings.